The molecule has 0 aromatic rings. The fraction of sp³-hybridized carbons (Fsp3) is 1.00. The van der Waals surface area contributed by atoms with Crippen molar-refractivity contribution in [3.63, 3.8) is 0 Å². The van der Waals surface area contributed by atoms with Crippen LogP contribution in [-0.2, 0) is 0 Å². The highest BCUT2D eigenvalue weighted by Gasteiger charge is 2.29. The zero-order valence-electron chi connectivity index (χ0n) is 13.1. The van der Waals surface area contributed by atoms with Crippen molar-refractivity contribution < 1.29 is 0 Å². The molecule has 1 N–H and O–H groups in total. The monoisotopic (exact) mass is 254 g/mol. The molecule has 0 aliphatic heterocycles. The summed E-state index contributed by atoms with van der Waals surface area (Å²) in [7, 11) is 0. The predicted molar refractivity (Wildman–Crippen MR) is 81.0 cm³/mol. The van der Waals surface area contributed by atoms with Gasteiger partial charge in [-0.25, -0.2) is 0 Å². The minimum atomic E-state index is 0.444. The molecule has 0 spiro atoms. The predicted octanol–water partition coefficient (Wildman–Crippen LogP) is 3.52. The van der Waals surface area contributed by atoms with Crippen LogP contribution in [0.2, 0.25) is 0 Å². The van der Waals surface area contributed by atoms with Crippen LogP contribution in [0, 0.1) is 11.3 Å². The summed E-state index contributed by atoms with van der Waals surface area (Å²) in [6, 6.07) is 0. The summed E-state index contributed by atoms with van der Waals surface area (Å²) in [5, 5.41) is 3.62. The molecule has 1 saturated carbocycles. The van der Waals surface area contributed by atoms with Crippen molar-refractivity contribution in [2.45, 2.75) is 59.8 Å². The fourth-order valence-electron chi connectivity index (χ4n) is 2.62. The number of nitrogens with zero attached hydrogens (tertiary/aromatic N) is 1. The minimum absolute atomic E-state index is 0.444. The van der Waals surface area contributed by atoms with Gasteiger partial charge in [-0.15, -0.1) is 0 Å². The first kappa shape index (κ1) is 16.0. The van der Waals surface area contributed by atoms with Gasteiger partial charge in [-0.1, -0.05) is 27.7 Å². The van der Waals surface area contributed by atoms with Gasteiger partial charge in [-0.2, -0.15) is 0 Å². The maximum Gasteiger partial charge on any atom is 0.00475 e. The third-order valence-corrected chi connectivity index (χ3v) is 4.19. The summed E-state index contributed by atoms with van der Waals surface area (Å²) in [5.41, 5.74) is 0.444. The zero-order chi connectivity index (χ0) is 13.4. The minimum Gasteiger partial charge on any atom is -0.316 e. The Morgan fingerprint density at radius 2 is 1.89 bits per heavy atom. The van der Waals surface area contributed by atoms with Crippen molar-refractivity contribution in [1.29, 1.82) is 0 Å². The number of nitrogens with one attached hydrogen (secondary N) is 1. The summed E-state index contributed by atoms with van der Waals surface area (Å²) < 4.78 is 0. The highest BCUT2D eigenvalue weighted by atomic mass is 15.1. The molecule has 1 rings (SSSR count). The molecule has 0 amide bonds. The summed E-state index contributed by atoms with van der Waals surface area (Å²) in [6.45, 7) is 15.6. The van der Waals surface area contributed by atoms with Gasteiger partial charge < -0.3 is 10.2 Å². The van der Waals surface area contributed by atoms with Crippen LogP contribution >= 0.6 is 0 Å². The Morgan fingerprint density at radius 1 is 1.17 bits per heavy atom. The van der Waals surface area contributed by atoms with Crippen molar-refractivity contribution in [1.82, 2.24) is 10.2 Å². The quantitative estimate of drug-likeness (QED) is 0.568. The molecular weight excluding hydrogens is 220 g/mol. The van der Waals surface area contributed by atoms with E-state index in [4.69, 9.17) is 0 Å². The Morgan fingerprint density at radius 3 is 2.39 bits per heavy atom. The standard InChI is InChI=1S/C16H34N2/c1-5-10-17-13-16(4,7-3)14-18(11-6-2)12-15-8-9-15/h15,17H,5-14H2,1-4H3. The molecule has 0 aromatic carbocycles. The number of hydrogen-bond acceptors (Lipinski definition) is 2. The third-order valence-electron chi connectivity index (χ3n) is 4.19. The first-order chi connectivity index (χ1) is 8.63. The molecule has 0 aromatic heterocycles. The summed E-state index contributed by atoms with van der Waals surface area (Å²) in [6.07, 6.45) is 6.73. The second-order valence-electron chi connectivity index (χ2n) is 6.52. The first-order valence-corrected chi connectivity index (χ1v) is 8.06. The second kappa shape index (κ2) is 8.16. The van der Waals surface area contributed by atoms with Gasteiger partial charge in [-0.05, 0) is 56.5 Å². The molecule has 2 heteroatoms. The lowest BCUT2D eigenvalue weighted by Crippen LogP contribution is -2.43. The van der Waals surface area contributed by atoms with Gasteiger partial charge in [0.2, 0.25) is 0 Å². The van der Waals surface area contributed by atoms with Gasteiger partial charge >= 0.3 is 0 Å². The topological polar surface area (TPSA) is 15.3 Å². The Bertz CT molecular complexity index is 213. The molecule has 1 fully saturated rings. The summed E-state index contributed by atoms with van der Waals surface area (Å²) in [4.78, 5) is 2.72. The van der Waals surface area contributed by atoms with Crippen LogP contribution in [0.3, 0.4) is 0 Å². The molecule has 1 aliphatic rings. The largest absolute Gasteiger partial charge is 0.316 e. The van der Waals surface area contributed by atoms with Gasteiger partial charge in [-0.3, -0.25) is 0 Å². The molecule has 0 radical (unpaired) electrons. The van der Waals surface area contributed by atoms with E-state index in [-0.39, 0.29) is 0 Å². The van der Waals surface area contributed by atoms with E-state index in [1.165, 1.54) is 58.3 Å². The Hall–Kier alpha value is -0.0800. The Balaban J connectivity index is 2.39. The van der Waals surface area contributed by atoms with Crippen molar-refractivity contribution in [3.05, 3.63) is 0 Å². The normalized spacial score (nSPS) is 19.2. The van der Waals surface area contributed by atoms with Gasteiger partial charge in [0, 0.05) is 19.6 Å². The Labute approximate surface area is 115 Å². The molecular formula is C16H34N2. The first-order valence-electron chi connectivity index (χ1n) is 8.06. The van der Waals surface area contributed by atoms with E-state index in [0.29, 0.717) is 5.41 Å². The van der Waals surface area contributed by atoms with E-state index in [0.717, 1.165) is 12.5 Å². The maximum absolute atomic E-state index is 3.62. The Kier molecular flexibility index (Phi) is 7.25. The molecule has 1 unspecified atom stereocenters. The maximum atomic E-state index is 3.62. The van der Waals surface area contributed by atoms with E-state index in [9.17, 15) is 0 Å². The smallest absolute Gasteiger partial charge is 0.00475 e. The van der Waals surface area contributed by atoms with Crippen LogP contribution in [0.4, 0.5) is 0 Å². The van der Waals surface area contributed by atoms with Gasteiger partial charge in [0.15, 0.2) is 0 Å². The SMILES string of the molecule is CCCNCC(C)(CC)CN(CCC)CC1CC1. The van der Waals surface area contributed by atoms with Crippen molar-refractivity contribution >= 4 is 0 Å². The lowest BCUT2D eigenvalue weighted by Gasteiger charge is -2.35. The molecule has 0 saturated heterocycles. The van der Waals surface area contributed by atoms with E-state index < -0.39 is 0 Å². The van der Waals surface area contributed by atoms with Crippen LogP contribution in [0.25, 0.3) is 0 Å². The van der Waals surface area contributed by atoms with Crippen LogP contribution in [0.5, 0.6) is 0 Å². The summed E-state index contributed by atoms with van der Waals surface area (Å²) >= 11 is 0. The molecule has 0 bridgehead atoms. The van der Waals surface area contributed by atoms with E-state index in [2.05, 4.69) is 37.9 Å². The second-order valence-corrected chi connectivity index (χ2v) is 6.52. The number of rotatable bonds is 11. The van der Waals surface area contributed by atoms with Crippen LogP contribution < -0.4 is 5.32 Å². The highest BCUT2D eigenvalue weighted by molar-refractivity contribution is 4.83. The van der Waals surface area contributed by atoms with Crippen LogP contribution in [0.1, 0.15) is 59.8 Å². The van der Waals surface area contributed by atoms with Crippen LogP contribution in [0.15, 0.2) is 0 Å². The van der Waals surface area contributed by atoms with E-state index in [1.807, 2.05) is 0 Å². The number of hydrogen-bond donors (Lipinski definition) is 1. The highest BCUT2D eigenvalue weighted by Crippen LogP contribution is 2.31. The molecule has 2 nitrogen and oxygen atoms in total. The molecule has 0 heterocycles. The average Bonchev–Trinajstić information content (AvgIpc) is 3.13. The fourth-order valence-corrected chi connectivity index (χ4v) is 2.62. The molecule has 1 atom stereocenters. The molecule has 18 heavy (non-hydrogen) atoms. The van der Waals surface area contributed by atoms with Gasteiger partial charge in [0.1, 0.15) is 0 Å². The van der Waals surface area contributed by atoms with E-state index >= 15 is 0 Å². The van der Waals surface area contributed by atoms with Crippen LogP contribution in [-0.4, -0.2) is 37.6 Å². The lowest BCUT2D eigenvalue weighted by molar-refractivity contribution is 0.150. The van der Waals surface area contributed by atoms with Gasteiger partial charge in [0.05, 0.1) is 0 Å². The van der Waals surface area contributed by atoms with Crippen molar-refractivity contribution in [3.8, 4) is 0 Å². The molecule has 108 valence electrons. The zero-order valence-corrected chi connectivity index (χ0v) is 13.1. The average molecular weight is 254 g/mol. The van der Waals surface area contributed by atoms with Crippen molar-refractivity contribution in [2.75, 3.05) is 32.7 Å². The third kappa shape index (κ3) is 6.19. The van der Waals surface area contributed by atoms with E-state index in [1.54, 1.807) is 0 Å². The lowest BCUT2D eigenvalue weighted by atomic mass is 9.86. The van der Waals surface area contributed by atoms with Crippen molar-refractivity contribution in [2.24, 2.45) is 11.3 Å². The molecule has 1 aliphatic carbocycles. The summed E-state index contributed by atoms with van der Waals surface area (Å²) in [5.74, 6) is 1.02. The van der Waals surface area contributed by atoms with Gasteiger partial charge in [0.25, 0.3) is 0 Å².